The van der Waals surface area contributed by atoms with Gasteiger partial charge in [0.1, 0.15) is 11.8 Å². The minimum atomic E-state index is 0.552. The molecule has 6 nitrogen and oxygen atoms in total. The molecule has 1 aliphatic rings. The van der Waals surface area contributed by atoms with Crippen LogP contribution < -0.4 is 10.2 Å². The van der Waals surface area contributed by atoms with Gasteiger partial charge < -0.3 is 15.2 Å². The van der Waals surface area contributed by atoms with E-state index in [9.17, 15) is 0 Å². The third-order valence-electron chi connectivity index (χ3n) is 3.42. The zero-order valence-electron chi connectivity index (χ0n) is 10.6. The van der Waals surface area contributed by atoms with E-state index < -0.39 is 0 Å². The predicted molar refractivity (Wildman–Crippen MR) is 70.6 cm³/mol. The maximum Gasteiger partial charge on any atom is 0.182 e. The molecule has 1 atom stereocenters. The molecule has 0 amide bonds. The summed E-state index contributed by atoms with van der Waals surface area (Å²) in [6, 6.07) is 0.552. The summed E-state index contributed by atoms with van der Waals surface area (Å²) in [5.41, 5.74) is 1.68. The molecule has 1 unspecified atom stereocenters. The Kier molecular flexibility index (Phi) is 3.10. The van der Waals surface area contributed by atoms with Gasteiger partial charge in [-0.15, -0.1) is 0 Å². The average Bonchev–Trinajstić information content (AvgIpc) is 2.87. The molecule has 0 radical (unpaired) electrons. The SMILES string of the molecule is CCNC1CCCN(c2ncnc3nc[nH]c23)C1. The molecule has 96 valence electrons. The molecule has 0 aromatic carbocycles. The Morgan fingerprint density at radius 2 is 2.39 bits per heavy atom. The van der Waals surface area contributed by atoms with Crippen LogP contribution in [0.1, 0.15) is 19.8 Å². The molecule has 2 aromatic rings. The Balaban J connectivity index is 1.87. The largest absolute Gasteiger partial charge is 0.353 e. The lowest BCUT2D eigenvalue weighted by molar-refractivity contribution is 0.430. The number of H-pyrrole nitrogens is 1. The van der Waals surface area contributed by atoms with Crippen molar-refractivity contribution in [3.8, 4) is 0 Å². The lowest BCUT2D eigenvalue weighted by Crippen LogP contribution is -2.46. The molecule has 0 saturated carbocycles. The van der Waals surface area contributed by atoms with Crippen LogP contribution in [0.5, 0.6) is 0 Å². The van der Waals surface area contributed by atoms with Crippen LogP contribution in [0.4, 0.5) is 5.82 Å². The summed E-state index contributed by atoms with van der Waals surface area (Å²) < 4.78 is 0. The maximum absolute atomic E-state index is 4.41. The first kappa shape index (κ1) is 11.4. The van der Waals surface area contributed by atoms with Crippen molar-refractivity contribution in [2.24, 2.45) is 0 Å². The third kappa shape index (κ3) is 2.03. The van der Waals surface area contributed by atoms with Crippen LogP contribution >= 0.6 is 0 Å². The first-order chi connectivity index (χ1) is 8.88. The second-order valence-electron chi connectivity index (χ2n) is 4.64. The van der Waals surface area contributed by atoms with Crippen molar-refractivity contribution in [3.63, 3.8) is 0 Å². The topological polar surface area (TPSA) is 69.7 Å². The second-order valence-corrected chi connectivity index (χ2v) is 4.64. The molecule has 6 heteroatoms. The number of nitrogens with one attached hydrogen (secondary N) is 2. The summed E-state index contributed by atoms with van der Waals surface area (Å²) in [7, 11) is 0. The van der Waals surface area contributed by atoms with Gasteiger partial charge in [0.05, 0.1) is 6.33 Å². The molecule has 1 fully saturated rings. The van der Waals surface area contributed by atoms with Crippen molar-refractivity contribution >= 4 is 17.0 Å². The fourth-order valence-corrected chi connectivity index (χ4v) is 2.62. The minimum Gasteiger partial charge on any atom is -0.353 e. The number of aromatic nitrogens is 4. The van der Waals surface area contributed by atoms with Gasteiger partial charge >= 0.3 is 0 Å². The smallest absolute Gasteiger partial charge is 0.182 e. The number of anilines is 1. The molecular formula is C12H18N6. The van der Waals surface area contributed by atoms with Crippen LogP contribution in [0.25, 0.3) is 11.2 Å². The lowest BCUT2D eigenvalue weighted by Gasteiger charge is -2.33. The summed E-state index contributed by atoms with van der Waals surface area (Å²) >= 11 is 0. The van der Waals surface area contributed by atoms with Crippen molar-refractivity contribution < 1.29 is 0 Å². The molecule has 1 saturated heterocycles. The Hall–Kier alpha value is -1.69. The molecule has 1 aliphatic heterocycles. The number of fused-ring (bicyclic) bond motifs is 1. The second kappa shape index (κ2) is 4.89. The maximum atomic E-state index is 4.41. The van der Waals surface area contributed by atoms with Crippen molar-refractivity contribution in [1.82, 2.24) is 25.3 Å². The molecular weight excluding hydrogens is 228 g/mol. The molecule has 2 N–H and O–H groups in total. The Morgan fingerprint density at radius 1 is 1.44 bits per heavy atom. The van der Waals surface area contributed by atoms with Crippen LogP contribution in [0, 0.1) is 0 Å². The highest BCUT2D eigenvalue weighted by atomic mass is 15.2. The highest BCUT2D eigenvalue weighted by Crippen LogP contribution is 2.23. The zero-order valence-corrected chi connectivity index (χ0v) is 10.6. The van der Waals surface area contributed by atoms with Gasteiger partial charge in [0.25, 0.3) is 0 Å². The van der Waals surface area contributed by atoms with E-state index in [1.54, 1.807) is 12.7 Å². The van der Waals surface area contributed by atoms with E-state index in [-0.39, 0.29) is 0 Å². The molecule has 3 rings (SSSR count). The Morgan fingerprint density at radius 3 is 3.28 bits per heavy atom. The molecule has 3 heterocycles. The van der Waals surface area contributed by atoms with Crippen molar-refractivity contribution in [2.45, 2.75) is 25.8 Å². The van der Waals surface area contributed by atoms with Crippen LogP contribution in [0.2, 0.25) is 0 Å². The summed E-state index contributed by atoms with van der Waals surface area (Å²) in [6.45, 7) is 5.21. The number of aromatic amines is 1. The van der Waals surface area contributed by atoms with E-state index in [0.29, 0.717) is 6.04 Å². The normalized spacial score (nSPS) is 20.5. The first-order valence-corrected chi connectivity index (χ1v) is 6.51. The Labute approximate surface area is 106 Å². The van der Waals surface area contributed by atoms with Gasteiger partial charge in [-0.3, -0.25) is 0 Å². The van der Waals surface area contributed by atoms with Crippen LogP contribution in [-0.2, 0) is 0 Å². The van der Waals surface area contributed by atoms with Gasteiger partial charge in [-0.05, 0) is 19.4 Å². The fourth-order valence-electron chi connectivity index (χ4n) is 2.62. The summed E-state index contributed by atoms with van der Waals surface area (Å²) in [5, 5.41) is 3.52. The van der Waals surface area contributed by atoms with Gasteiger partial charge in [0.15, 0.2) is 11.5 Å². The number of likely N-dealkylation sites (N-methyl/N-ethyl adjacent to an activating group) is 1. The van der Waals surface area contributed by atoms with E-state index in [0.717, 1.165) is 36.6 Å². The number of rotatable bonds is 3. The summed E-state index contributed by atoms with van der Waals surface area (Å²) in [6.07, 6.45) is 5.70. The quantitative estimate of drug-likeness (QED) is 0.843. The van der Waals surface area contributed by atoms with Gasteiger partial charge in [0, 0.05) is 19.1 Å². The molecule has 0 bridgehead atoms. The Bertz CT molecular complexity index is 520. The van der Waals surface area contributed by atoms with Crippen molar-refractivity contribution in [1.29, 1.82) is 0 Å². The lowest BCUT2D eigenvalue weighted by atomic mass is 10.1. The fraction of sp³-hybridized carbons (Fsp3) is 0.583. The summed E-state index contributed by atoms with van der Waals surface area (Å²) in [5.74, 6) is 0.972. The van der Waals surface area contributed by atoms with Crippen molar-refractivity contribution in [2.75, 3.05) is 24.5 Å². The highest BCUT2D eigenvalue weighted by Gasteiger charge is 2.22. The van der Waals surface area contributed by atoms with Crippen molar-refractivity contribution in [3.05, 3.63) is 12.7 Å². The third-order valence-corrected chi connectivity index (χ3v) is 3.42. The average molecular weight is 246 g/mol. The highest BCUT2D eigenvalue weighted by molar-refractivity contribution is 5.82. The molecule has 18 heavy (non-hydrogen) atoms. The predicted octanol–water partition coefficient (Wildman–Crippen LogP) is 0.931. The number of imidazole rings is 1. The van der Waals surface area contributed by atoms with E-state index in [1.807, 2.05) is 0 Å². The standard InChI is InChI=1S/C12H18N6/c1-2-13-9-4-3-5-18(6-9)12-10-11(15-7-14-10)16-8-17-12/h7-9,13H,2-6H2,1H3,(H,14,15,16,17). The minimum absolute atomic E-state index is 0.552. The number of nitrogens with zero attached hydrogens (tertiary/aromatic N) is 4. The summed E-state index contributed by atoms with van der Waals surface area (Å²) in [4.78, 5) is 18.2. The van der Waals surface area contributed by atoms with E-state index >= 15 is 0 Å². The van der Waals surface area contributed by atoms with Gasteiger partial charge in [0.2, 0.25) is 0 Å². The van der Waals surface area contributed by atoms with Gasteiger partial charge in [-0.2, -0.15) is 0 Å². The monoisotopic (exact) mass is 246 g/mol. The number of hydrogen-bond acceptors (Lipinski definition) is 5. The van der Waals surface area contributed by atoms with E-state index in [2.05, 4.69) is 37.1 Å². The van der Waals surface area contributed by atoms with Gasteiger partial charge in [-0.25, -0.2) is 15.0 Å². The van der Waals surface area contributed by atoms with E-state index in [1.165, 1.54) is 12.8 Å². The number of hydrogen-bond donors (Lipinski definition) is 2. The molecule has 2 aromatic heterocycles. The van der Waals surface area contributed by atoms with Gasteiger partial charge in [-0.1, -0.05) is 6.92 Å². The zero-order chi connectivity index (χ0) is 12.4. The van der Waals surface area contributed by atoms with Crippen LogP contribution in [0.15, 0.2) is 12.7 Å². The van der Waals surface area contributed by atoms with Crippen LogP contribution in [0.3, 0.4) is 0 Å². The molecule has 0 aliphatic carbocycles. The number of piperidine rings is 1. The van der Waals surface area contributed by atoms with E-state index in [4.69, 9.17) is 0 Å². The van der Waals surface area contributed by atoms with Crippen LogP contribution in [-0.4, -0.2) is 45.6 Å². The first-order valence-electron chi connectivity index (χ1n) is 6.51. The molecule has 0 spiro atoms.